The van der Waals surface area contributed by atoms with E-state index in [1.165, 1.54) is 16.4 Å². The van der Waals surface area contributed by atoms with Crippen LogP contribution in [0.4, 0.5) is 4.39 Å². The van der Waals surface area contributed by atoms with Crippen molar-refractivity contribution in [1.29, 1.82) is 0 Å². The molecule has 1 aliphatic heterocycles. The maximum Gasteiger partial charge on any atom is 0.246 e. The van der Waals surface area contributed by atoms with E-state index in [1.54, 1.807) is 25.1 Å². The van der Waals surface area contributed by atoms with Gasteiger partial charge in [0.15, 0.2) is 0 Å². The van der Waals surface area contributed by atoms with Crippen molar-refractivity contribution < 1.29 is 22.3 Å². The molecular formula is C16H21FN2O4S. The lowest BCUT2D eigenvalue weighted by Gasteiger charge is -2.26. The van der Waals surface area contributed by atoms with Crippen LogP contribution in [0.25, 0.3) is 6.08 Å². The van der Waals surface area contributed by atoms with Gasteiger partial charge in [-0.3, -0.25) is 4.79 Å². The van der Waals surface area contributed by atoms with Gasteiger partial charge in [-0.15, -0.1) is 0 Å². The Kier molecular flexibility index (Phi) is 6.47. The number of amides is 1. The molecule has 1 heterocycles. The Balaban J connectivity index is 1.87. The van der Waals surface area contributed by atoms with Crippen molar-refractivity contribution in [1.82, 2.24) is 9.62 Å². The van der Waals surface area contributed by atoms with Crippen LogP contribution in [0.5, 0.6) is 0 Å². The van der Waals surface area contributed by atoms with Crippen LogP contribution in [0.15, 0.2) is 29.8 Å². The predicted molar refractivity (Wildman–Crippen MR) is 89.2 cm³/mol. The summed E-state index contributed by atoms with van der Waals surface area (Å²) >= 11 is 0. The lowest BCUT2D eigenvalue weighted by molar-refractivity contribution is -0.117. The second-order valence-corrected chi connectivity index (χ2v) is 7.52. The van der Waals surface area contributed by atoms with Gasteiger partial charge in [0.05, 0.1) is 19.0 Å². The molecule has 132 valence electrons. The first-order valence-corrected chi connectivity index (χ1v) is 9.27. The van der Waals surface area contributed by atoms with Crippen LogP contribution in [0.3, 0.4) is 0 Å². The highest BCUT2D eigenvalue weighted by atomic mass is 32.2. The summed E-state index contributed by atoms with van der Waals surface area (Å²) in [5, 5.41) is 2.55. The lowest BCUT2D eigenvalue weighted by atomic mass is 10.1. The molecule has 0 spiro atoms. The quantitative estimate of drug-likeness (QED) is 0.772. The topological polar surface area (TPSA) is 75.7 Å². The normalized spacial score (nSPS) is 16.8. The Bertz CT molecular complexity index is 713. The third kappa shape index (κ3) is 5.12. The molecule has 1 N–H and O–H groups in total. The van der Waals surface area contributed by atoms with E-state index in [4.69, 9.17) is 4.74 Å². The highest BCUT2D eigenvalue weighted by molar-refractivity contribution is 7.89. The van der Waals surface area contributed by atoms with Gasteiger partial charge in [-0.05, 0) is 19.1 Å². The van der Waals surface area contributed by atoms with Crippen LogP contribution in [0, 0.1) is 5.82 Å². The van der Waals surface area contributed by atoms with Crippen molar-refractivity contribution in [2.24, 2.45) is 0 Å². The van der Waals surface area contributed by atoms with Gasteiger partial charge in [-0.25, -0.2) is 12.8 Å². The summed E-state index contributed by atoms with van der Waals surface area (Å²) in [6, 6.07) is 6.12. The molecule has 0 radical (unpaired) electrons. The summed E-state index contributed by atoms with van der Waals surface area (Å²) in [4.78, 5) is 12.0. The molecule has 0 aliphatic carbocycles. The summed E-state index contributed by atoms with van der Waals surface area (Å²) in [6.45, 7) is 3.00. The molecular weight excluding hydrogens is 335 g/mol. The molecule has 0 bridgehead atoms. The minimum atomic E-state index is -3.41. The first-order chi connectivity index (χ1) is 11.4. The van der Waals surface area contributed by atoms with Crippen molar-refractivity contribution in [3.63, 3.8) is 0 Å². The molecule has 6 nitrogen and oxygen atoms in total. The molecule has 1 amide bonds. The number of hydrogen-bond acceptors (Lipinski definition) is 4. The number of morpholine rings is 1. The molecule has 0 unspecified atom stereocenters. The first-order valence-electron chi connectivity index (χ1n) is 7.67. The van der Waals surface area contributed by atoms with Crippen molar-refractivity contribution in [2.75, 3.05) is 38.6 Å². The summed E-state index contributed by atoms with van der Waals surface area (Å²) in [5.74, 6) is -1.01. The van der Waals surface area contributed by atoms with Gasteiger partial charge in [0, 0.05) is 30.8 Å². The van der Waals surface area contributed by atoms with E-state index in [9.17, 15) is 17.6 Å². The number of carbonyl (C=O) groups excluding carboxylic acids is 1. The van der Waals surface area contributed by atoms with Crippen molar-refractivity contribution in [3.8, 4) is 0 Å². The van der Waals surface area contributed by atoms with Crippen molar-refractivity contribution >= 4 is 22.0 Å². The Morgan fingerprint density at radius 3 is 2.67 bits per heavy atom. The molecule has 1 aromatic carbocycles. The molecule has 2 rings (SSSR count). The minimum Gasteiger partial charge on any atom is -0.379 e. The van der Waals surface area contributed by atoms with Crippen LogP contribution in [-0.4, -0.2) is 57.2 Å². The second-order valence-electron chi connectivity index (χ2n) is 5.43. The van der Waals surface area contributed by atoms with Crippen LogP contribution < -0.4 is 5.32 Å². The fourth-order valence-corrected chi connectivity index (χ4v) is 3.60. The number of rotatable bonds is 6. The molecule has 1 saturated heterocycles. The van der Waals surface area contributed by atoms with Gasteiger partial charge in [-0.1, -0.05) is 18.2 Å². The van der Waals surface area contributed by atoms with E-state index >= 15 is 0 Å². The molecule has 1 fully saturated rings. The Morgan fingerprint density at radius 1 is 1.33 bits per heavy atom. The number of carbonyl (C=O) groups is 1. The van der Waals surface area contributed by atoms with E-state index in [2.05, 4.69) is 5.32 Å². The smallest absolute Gasteiger partial charge is 0.246 e. The number of hydrogen-bond donors (Lipinski definition) is 1. The van der Waals surface area contributed by atoms with Crippen LogP contribution in [0.1, 0.15) is 12.5 Å². The summed E-state index contributed by atoms with van der Waals surface area (Å²) < 4.78 is 44.3. The Hall–Kier alpha value is -1.77. The van der Waals surface area contributed by atoms with Gasteiger partial charge >= 0.3 is 0 Å². The fourth-order valence-electron chi connectivity index (χ4n) is 2.28. The third-order valence-electron chi connectivity index (χ3n) is 3.64. The van der Waals surface area contributed by atoms with Gasteiger partial charge in [0.1, 0.15) is 5.82 Å². The van der Waals surface area contributed by atoms with Gasteiger partial charge in [-0.2, -0.15) is 4.31 Å². The predicted octanol–water partition coefficient (Wildman–Crippen LogP) is 1.01. The van der Waals surface area contributed by atoms with E-state index in [0.717, 1.165) is 0 Å². The second kappa shape index (κ2) is 8.36. The highest BCUT2D eigenvalue weighted by Crippen LogP contribution is 2.11. The molecule has 1 aromatic rings. The van der Waals surface area contributed by atoms with E-state index in [-0.39, 0.29) is 12.3 Å². The van der Waals surface area contributed by atoms with Gasteiger partial charge in [0.2, 0.25) is 15.9 Å². The SMILES string of the molecule is C/C(=C\c1ccccc1F)C(=O)NCCS(=O)(=O)N1CCOCC1. The first kappa shape index (κ1) is 18.6. The maximum atomic E-state index is 13.6. The van der Waals surface area contributed by atoms with E-state index < -0.39 is 21.7 Å². The van der Waals surface area contributed by atoms with Crippen LogP contribution in [-0.2, 0) is 19.6 Å². The Morgan fingerprint density at radius 2 is 2.00 bits per heavy atom. The molecule has 1 aliphatic rings. The number of benzene rings is 1. The van der Waals surface area contributed by atoms with Gasteiger partial charge < -0.3 is 10.1 Å². The molecule has 0 aromatic heterocycles. The average Bonchev–Trinajstić information content (AvgIpc) is 2.57. The summed E-state index contributed by atoms with van der Waals surface area (Å²) in [5.41, 5.74) is 0.620. The molecule has 0 saturated carbocycles. The number of halogens is 1. The monoisotopic (exact) mass is 356 g/mol. The highest BCUT2D eigenvalue weighted by Gasteiger charge is 2.23. The number of nitrogens with one attached hydrogen (secondary N) is 1. The Labute approximate surface area is 141 Å². The largest absolute Gasteiger partial charge is 0.379 e. The zero-order valence-corrected chi connectivity index (χ0v) is 14.3. The summed E-state index contributed by atoms with van der Waals surface area (Å²) in [6.07, 6.45) is 1.43. The van der Waals surface area contributed by atoms with E-state index in [1.807, 2.05) is 0 Å². The zero-order chi connectivity index (χ0) is 17.6. The van der Waals surface area contributed by atoms with Crippen molar-refractivity contribution in [2.45, 2.75) is 6.92 Å². The van der Waals surface area contributed by atoms with Gasteiger partial charge in [0.25, 0.3) is 0 Å². The maximum absolute atomic E-state index is 13.6. The standard InChI is InChI=1S/C16H21FN2O4S/c1-13(12-14-4-2-3-5-15(14)17)16(20)18-6-11-24(21,22)19-7-9-23-10-8-19/h2-5,12H,6-11H2,1H3,(H,18,20)/b13-12+. The molecule has 0 atom stereocenters. The number of sulfonamides is 1. The third-order valence-corrected chi connectivity index (χ3v) is 5.52. The van der Waals surface area contributed by atoms with Crippen LogP contribution in [0.2, 0.25) is 0 Å². The molecule has 8 heteroatoms. The average molecular weight is 356 g/mol. The fraction of sp³-hybridized carbons (Fsp3) is 0.438. The van der Waals surface area contributed by atoms with Crippen LogP contribution >= 0.6 is 0 Å². The molecule has 24 heavy (non-hydrogen) atoms. The number of ether oxygens (including phenoxy) is 1. The zero-order valence-electron chi connectivity index (χ0n) is 13.5. The lowest BCUT2D eigenvalue weighted by Crippen LogP contribution is -2.43. The minimum absolute atomic E-state index is 0.000968. The number of nitrogens with zero attached hydrogens (tertiary/aromatic N) is 1. The van der Waals surface area contributed by atoms with E-state index in [0.29, 0.717) is 37.4 Å². The van der Waals surface area contributed by atoms with Crippen molar-refractivity contribution in [3.05, 3.63) is 41.2 Å². The summed E-state index contributed by atoms with van der Waals surface area (Å²) in [7, 11) is -3.41.